The molecule has 2 rings (SSSR count). The summed E-state index contributed by atoms with van der Waals surface area (Å²) in [5, 5.41) is 0. The summed E-state index contributed by atoms with van der Waals surface area (Å²) < 4.78 is 22.3. The van der Waals surface area contributed by atoms with E-state index in [0.29, 0.717) is 12.2 Å². The normalized spacial score (nSPS) is 19.5. The molecule has 1 aliphatic heterocycles. The lowest BCUT2D eigenvalue weighted by atomic mass is 10.1. The van der Waals surface area contributed by atoms with Gasteiger partial charge in [-0.05, 0) is 6.07 Å². The zero-order valence-electron chi connectivity index (χ0n) is 9.14. The van der Waals surface area contributed by atoms with Crippen molar-refractivity contribution in [2.75, 3.05) is 13.3 Å². The van der Waals surface area contributed by atoms with Gasteiger partial charge in [0.15, 0.2) is 0 Å². The third-order valence-electron chi connectivity index (χ3n) is 2.34. The number of carbonyl (C=O) groups is 1. The van der Waals surface area contributed by atoms with E-state index >= 15 is 0 Å². The van der Waals surface area contributed by atoms with Crippen LogP contribution in [-0.2, 0) is 14.3 Å². The molecule has 0 amide bonds. The van der Waals surface area contributed by atoms with Crippen molar-refractivity contribution in [3.8, 4) is 0 Å². The molecule has 0 bridgehead atoms. The van der Waals surface area contributed by atoms with E-state index in [0.717, 1.165) is 5.56 Å². The Morgan fingerprint density at radius 1 is 1.59 bits per heavy atom. The molecule has 0 aliphatic carbocycles. The Kier molecular flexibility index (Phi) is 3.69. The summed E-state index contributed by atoms with van der Waals surface area (Å²) in [7, 11) is 0. The van der Waals surface area contributed by atoms with Crippen LogP contribution >= 0.6 is 0 Å². The van der Waals surface area contributed by atoms with E-state index in [1.54, 1.807) is 18.5 Å². The number of rotatable bonds is 4. The van der Waals surface area contributed by atoms with Crippen LogP contribution in [0.15, 0.2) is 36.4 Å². The van der Waals surface area contributed by atoms with Gasteiger partial charge < -0.3 is 9.47 Å². The number of aromatic nitrogens is 1. The first kappa shape index (κ1) is 11.6. The fraction of sp³-hybridized carbons (Fsp3) is 0.333. The van der Waals surface area contributed by atoms with Crippen molar-refractivity contribution in [3.63, 3.8) is 0 Å². The van der Waals surface area contributed by atoms with Crippen LogP contribution in [-0.4, -0.2) is 24.2 Å². The summed E-state index contributed by atoms with van der Waals surface area (Å²) in [5.41, 5.74) is 0.801. The Balaban J connectivity index is 2.08. The SMILES string of the molecule is O=C1C=C(OCCF)CC(c2cccnc2)O1. The molecular weight excluding hydrogens is 225 g/mol. The maximum atomic E-state index is 12.0. The van der Waals surface area contributed by atoms with Gasteiger partial charge in [-0.25, -0.2) is 9.18 Å². The van der Waals surface area contributed by atoms with Crippen molar-refractivity contribution < 1.29 is 18.7 Å². The molecule has 5 heteroatoms. The zero-order valence-corrected chi connectivity index (χ0v) is 9.14. The first-order valence-corrected chi connectivity index (χ1v) is 5.29. The smallest absolute Gasteiger partial charge is 0.334 e. The Bertz CT molecular complexity index is 419. The quantitative estimate of drug-likeness (QED) is 0.751. The summed E-state index contributed by atoms with van der Waals surface area (Å²) in [6.07, 6.45) is 4.54. The van der Waals surface area contributed by atoms with Crippen molar-refractivity contribution in [2.45, 2.75) is 12.5 Å². The second-order valence-corrected chi connectivity index (χ2v) is 3.56. The molecule has 1 aromatic heterocycles. The fourth-order valence-corrected chi connectivity index (χ4v) is 1.61. The van der Waals surface area contributed by atoms with Gasteiger partial charge in [-0.2, -0.15) is 0 Å². The van der Waals surface area contributed by atoms with Crippen LogP contribution in [0, 0.1) is 0 Å². The number of hydrogen-bond acceptors (Lipinski definition) is 4. The Morgan fingerprint density at radius 3 is 3.18 bits per heavy atom. The minimum atomic E-state index is -0.579. The third-order valence-corrected chi connectivity index (χ3v) is 2.34. The van der Waals surface area contributed by atoms with Crippen LogP contribution in [0.3, 0.4) is 0 Å². The summed E-state index contributed by atoms with van der Waals surface area (Å²) >= 11 is 0. The van der Waals surface area contributed by atoms with Gasteiger partial charge in [0.1, 0.15) is 25.1 Å². The lowest BCUT2D eigenvalue weighted by Crippen LogP contribution is -2.18. The molecule has 0 saturated heterocycles. The van der Waals surface area contributed by atoms with E-state index in [2.05, 4.69) is 4.98 Å². The average Bonchev–Trinajstić information content (AvgIpc) is 2.37. The number of cyclic esters (lactones) is 1. The number of halogens is 1. The summed E-state index contributed by atoms with van der Waals surface area (Å²) in [4.78, 5) is 15.3. The van der Waals surface area contributed by atoms with Gasteiger partial charge in [0.25, 0.3) is 0 Å². The molecule has 17 heavy (non-hydrogen) atoms. The molecule has 0 radical (unpaired) electrons. The van der Waals surface area contributed by atoms with Crippen LogP contribution in [0.5, 0.6) is 0 Å². The Morgan fingerprint density at radius 2 is 2.47 bits per heavy atom. The second-order valence-electron chi connectivity index (χ2n) is 3.56. The molecule has 1 atom stereocenters. The van der Waals surface area contributed by atoms with Gasteiger partial charge >= 0.3 is 5.97 Å². The molecule has 2 heterocycles. The minimum Gasteiger partial charge on any atom is -0.495 e. The molecule has 4 nitrogen and oxygen atoms in total. The van der Waals surface area contributed by atoms with Crippen molar-refractivity contribution in [1.82, 2.24) is 4.98 Å². The molecule has 1 aliphatic rings. The summed E-state index contributed by atoms with van der Waals surface area (Å²) in [6.45, 7) is -0.622. The Labute approximate surface area is 98.1 Å². The van der Waals surface area contributed by atoms with Gasteiger partial charge in [0.2, 0.25) is 0 Å². The lowest BCUT2D eigenvalue weighted by molar-refractivity contribution is -0.145. The van der Waals surface area contributed by atoms with E-state index < -0.39 is 18.7 Å². The molecule has 90 valence electrons. The van der Waals surface area contributed by atoms with Crippen LogP contribution in [0.2, 0.25) is 0 Å². The number of esters is 1. The first-order chi connectivity index (χ1) is 8.29. The second kappa shape index (κ2) is 5.43. The maximum absolute atomic E-state index is 12.0. The number of hydrogen-bond donors (Lipinski definition) is 0. The standard InChI is InChI=1S/C12H12FNO3/c13-3-5-16-10-6-11(17-12(15)7-10)9-2-1-4-14-8-9/h1-2,4,7-8,11H,3,5-6H2. The third kappa shape index (κ3) is 3.03. The van der Waals surface area contributed by atoms with Crippen molar-refractivity contribution in [3.05, 3.63) is 41.9 Å². The number of pyridine rings is 1. The highest BCUT2D eigenvalue weighted by molar-refractivity contribution is 5.83. The first-order valence-electron chi connectivity index (χ1n) is 5.29. The lowest BCUT2D eigenvalue weighted by Gasteiger charge is -2.22. The van der Waals surface area contributed by atoms with Crippen LogP contribution in [0.25, 0.3) is 0 Å². The van der Waals surface area contributed by atoms with Gasteiger partial charge in [-0.1, -0.05) is 6.07 Å². The Hall–Kier alpha value is -1.91. The van der Waals surface area contributed by atoms with Crippen LogP contribution < -0.4 is 0 Å². The highest BCUT2D eigenvalue weighted by atomic mass is 19.1. The molecule has 0 aromatic carbocycles. The van der Waals surface area contributed by atoms with Gasteiger partial charge in [0, 0.05) is 24.4 Å². The molecule has 1 unspecified atom stereocenters. The van der Waals surface area contributed by atoms with Crippen LogP contribution in [0.4, 0.5) is 4.39 Å². The van der Waals surface area contributed by atoms with Crippen molar-refractivity contribution >= 4 is 5.97 Å². The van der Waals surface area contributed by atoms with Gasteiger partial charge in [0.05, 0.1) is 6.08 Å². The van der Waals surface area contributed by atoms with E-state index in [4.69, 9.17) is 9.47 Å². The molecule has 0 fully saturated rings. The van der Waals surface area contributed by atoms with Gasteiger partial charge in [-0.15, -0.1) is 0 Å². The monoisotopic (exact) mass is 237 g/mol. The van der Waals surface area contributed by atoms with Gasteiger partial charge in [-0.3, -0.25) is 4.98 Å². The average molecular weight is 237 g/mol. The zero-order chi connectivity index (χ0) is 12.1. The maximum Gasteiger partial charge on any atom is 0.334 e. The fourth-order valence-electron chi connectivity index (χ4n) is 1.61. The number of carbonyl (C=O) groups excluding carboxylic acids is 1. The summed E-state index contributed by atoms with van der Waals surface area (Å²) in [5.74, 6) is -0.0216. The van der Waals surface area contributed by atoms with E-state index in [-0.39, 0.29) is 6.61 Å². The van der Waals surface area contributed by atoms with Crippen molar-refractivity contribution in [2.24, 2.45) is 0 Å². The topological polar surface area (TPSA) is 48.4 Å². The van der Waals surface area contributed by atoms with Crippen molar-refractivity contribution in [1.29, 1.82) is 0 Å². The molecule has 0 saturated carbocycles. The number of alkyl halides is 1. The van der Waals surface area contributed by atoms with E-state index in [9.17, 15) is 9.18 Å². The highest BCUT2D eigenvalue weighted by Gasteiger charge is 2.24. The molecular formula is C12H12FNO3. The van der Waals surface area contributed by atoms with E-state index in [1.807, 2.05) is 6.07 Å². The van der Waals surface area contributed by atoms with Crippen LogP contribution in [0.1, 0.15) is 18.1 Å². The minimum absolute atomic E-state index is 0.0428. The predicted molar refractivity (Wildman–Crippen MR) is 57.7 cm³/mol. The highest BCUT2D eigenvalue weighted by Crippen LogP contribution is 2.28. The number of ether oxygens (including phenoxy) is 2. The molecule has 0 N–H and O–H groups in total. The molecule has 0 spiro atoms. The molecule has 1 aromatic rings. The largest absolute Gasteiger partial charge is 0.495 e. The number of nitrogens with zero attached hydrogens (tertiary/aromatic N) is 1. The summed E-state index contributed by atoms with van der Waals surface area (Å²) in [6, 6.07) is 3.59. The van der Waals surface area contributed by atoms with E-state index in [1.165, 1.54) is 6.08 Å². The predicted octanol–water partition coefficient (Wildman–Crippen LogP) is 1.94.